The van der Waals surface area contributed by atoms with Gasteiger partial charge in [-0.25, -0.2) is 0 Å². The first-order valence-electron chi connectivity index (χ1n) is 8.32. The maximum Gasteiger partial charge on any atom is 0.0669 e. The molecule has 0 aliphatic heterocycles. The molecule has 0 saturated carbocycles. The van der Waals surface area contributed by atoms with E-state index < -0.39 is 0 Å². The Kier molecular flexibility index (Phi) is 7.40. The Morgan fingerprint density at radius 2 is 1.90 bits per heavy atom. The van der Waals surface area contributed by atoms with Crippen molar-refractivity contribution in [1.82, 2.24) is 15.1 Å². The molecule has 0 saturated heterocycles. The number of aryl methyl sites for hydroxylation is 2. The molecule has 0 unspecified atom stereocenters. The number of nitrogens with zero attached hydrogens (tertiary/aromatic N) is 2. The monoisotopic (exact) mass is 295 g/mol. The predicted octanol–water partition coefficient (Wildman–Crippen LogP) is 3.32. The van der Waals surface area contributed by atoms with Crippen LogP contribution in [0, 0.1) is 0 Å². The summed E-state index contributed by atoms with van der Waals surface area (Å²) < 4.78 is 7.72. The molecule has 1 N–H and O–H groups in total. The van der Waals surface area contributed by atoms with Gasteiger partial charge in [-0.15, -0.1) is 0 Å². The molecule has 0 bridgehead atoms. The van der Waals surface area contributed by atoms with Crippen molar-refractivity contribution < 1.29 is 4.74 Å². The maximum atomic E-state index is 5.52. The highest BCUT2D eigenvalue weighted by molar-refractivity contribution is 5.26. The summed E-state index contributed by atoms with van der Waals surface area (Å²) in [6.45, 7) is 13.8. The van der Waals surface area contributed by atoms with Crippen LogP contribution < -0.4 is 5.32 Å². The highest BCUT2D eigenvalue weighted by Crippen LogP contribution is 2.20. The van der Waals surface area contributed by atoms with Crippen LogP contribution in [0.5, 0.6) is 0 Å². The van der Waals surface area contributed by atoms with Crippen LogP contribution in [0.25, 0.3) is 0 Å². The van der Waals surface area contributed by atoms with Crippen LogP contribution in [0.15, 0.2) is 0 Å². The molecule has 21 heavy (non-hydrogen) atoms. The molecule has 1 rings (SSSR count). The van der Waals surface area contributed by atoms with E-state index >= 15 is 0 Å². The smallest absolute Gasteiger partial charge is 0.0669 e. The lowest BCUT2D eigenvalue weighted by atomic mass is 10.1. The van der Waals surface area contributed by atoms with Gasteiger partial charge in [0.1, 0.15) is 0 Å². The number of ether oxygens (including phenoxy) is 1. The van der Waals surface area contributed by atoms with Crippen molar-refractivity contribution in [2.45, 2.75) is 79.0 Å². The first-order valence-corrected chi connectivity index (χ1v) is 8.32. The molecule has 0 aromatic carbocycles. The van der Waals surface area contributed by atoms with Crippen molar-refractivity contribution in [2.75, 3.05) is 13.7 Å². The summed E-state index contributed by atoms with van der Waals surface area (Å²) in [5.41, 5.74) is 3.93. The highest BCUT2D eigenvalue weighted by atomic mass is 16.5. The fraction of sp³-hybridized carbons (Fsp3) is 0.824. The van der Waals surface area contributed by atoms with Gasteiger partial charge in [0.05, 0.1) is 11.3 Å². The van der Waals surface area contributed by atoms with Crippen LogP contribution in [-0.4, -0.2) is 29.0 Å². The molecule has 0 aliphatic rings. The quantitative estimate of drug-likeness (QED) is 0.673. The molecule has 1 aromatic heterocycles. The largest absolute Gasteiger partial charge is 0.379 e. The Labute approximate surface area is 130 Å². The molecule has 4 nitrogen and oxygen atoms in total. The second kappa shape index (κ2) is 8.54. The van der Waals surface area contributed by atoms with Crippen LogP contribution in [-0.2, 0) is 30.7 Å². The minimum atomic E-state index is -0.0933. The van der Waals surface area contributed by atoms with Gasteiger partial charge in [-0.1, -0.05) is 20.8 Å². The summed E-state index contributed by atoms with van der Waals surface area (Å²) in [4.78, 5) is 0. The van der Waals surface area contributed by atoms with Crippen molar-refractivity contribution >= 4 is 0 Å². The topological polar surface area (TPSA) is 39.1 Å². The van der Waals surface area contributed by atoms with Crippen molar-refractivity contribution in [1.29, 1.82) is 0 Å². The van der Waals surface area contributed by atoms with Crippen LogP contribution in [0.4, 0.5) is 0 Å². The fourth-order valence-corrected chi connectivity index (χ4v) is 2.53. The first-order chi connectivity index (χ1) is 9.99. The Morgan fingerprint density at radius 1 is 1.19 bits per heavy atom. The van der Waals surface area contributed by atoms with E-state index in [1.54, 1.807) is 7.11 Å². The number of hydrogen-bond donors (Lipinski definition) is 1. The summed E-state index contributed by atoms with van der Waals surface area (Å²) in [5, 5.41) is 8.36. The van der Waals surface area contributed by atoms with Crippen molar-refractivity contribution in [2.24, 2.45) is 0 Å². The number of hydrogen-bond acceptors (Lipinski definition) is 3. The molecule has 1 heterocycles. The normalized spacial score (nSPS) is 12.1. The lowest BCUT2D eigenvalue weighted by Crippen LogP contribution is -2.25. The van der Waals surface area contributed by atoms with E-state index in [2.05, 4.69) is 44.6 Å². The van der Waals surface area contributed by atoms with E-state index in [9.17, 15) is 0 Å². The highest BCUT2D eigenvalue weighted by Gasteiger charge is 2.19. The summed E-state index contributed by atoms with van der Waals surface area (Å²) in [6, 6.07) is 0. The van der Waals surface area contributed by atoms with E-state index in [-0.39, 0.29) is 5.60 Å². The zero-order valence-corrected chi connectivity index (χ0v) is 14.8. The van der Waals surface area contributed by atoms with E-state index in [0.717, 1.165) is 38.9 Å². The maximum absolute atomic E-state index is 5.52. The average molecular weight is 295 g/mol. The zero-order chi connectivity index (χ0) is 15.9. The lowest BCUT2D eigenvalue weighted by molar-refractivity contribution is 0.0111. The Morgan fingerprint density at radius 3 is 2.43 bits per heavy atom. The van der Waals surface area contributed by atoms with Crippen LogP contribution in [0.1, 0.15) is 64.4 Å². The second-order valence-electron chi connectivity index (χ2n) is 6.19. The van der Waals surface area contributed by atoms with Gasteiger partial charge in [0.15, 0.2) is 0 Å². The van der Waals surface area contributed by atoms with E-state index in [0.29, 0.717) is 0 Å². The average Bonchev–Trinajstić information content (AvgIpc) is 2.82. The zero-order valence-electron chi connectivity index (χ0n) is 14.8. The van der Waals surface area contributed by atoms with Gasteiger partial charge in [0, 0.05) is 31.5 Å². The van der Waals surface area contributed by atoms with Gasteiger partial charge in [0.25, 0.3) is 0 Å². The Bertz CT molecular complexity index is 424. The van der Waals surface area contributed by atoms with Crippen LogP contribution in [0.3, 0.4) is 0 Å². The molecule has 0 amide bonds. The standard InChI is InChI=1S/C17H33N3O/c1-7-11-18-13-14-15(8-2)19-20(16(14)9-3)12-10-17(4,5)21-6/h18H,7-13H2,1-6H3. The number of rotatable bonds is 10. The first kappa shape index (κ1) is 18.2. The molecule has 0 aliphatic carbocycles. The summed E-state index contributed by atoms with van der Waals surface area (Å²) in [5.74, 6) is 0. The van der Waals surface area contributed by atoms with Gasteiger partial charge < -0.3 is 10.1 Å². The molecule has 0 fully saturated rings. The Hall–Kier alpha value is -0.870. The third-order valence-electron chi connectivity index (χ3n) is 4.13. The van der Waals surface area contributed by atoms with Crippen molar-refractivity contribution in [3.63, 3.8) is 0 Å². The van der Waals surface area contributed by atoms with Crippen molar-refractivity contribution in [3.8, 4) is 0 Å². The molecular formula is C17H33N3O. The minimum Gasteiger partial charge on any atom is -0.379 e. The number of methoxy groups -OCH3 is 1. The third kappa shape index (κ3) is 5.11. The summed E-state index contributed by atoms with van der Waals surface area (Å²) in [7, 11) is 1.78. The second-order valence-corrected chi connectivity index (χ2v) is 6.19. The molecular weight excluding hydrogens is 262 g/mol. The Balaban J connectivity index is 2.88. The van der Waals surface area contributed by atoms with E-state index in [1.807, 2.05) is 0 Å². The summed E-state index contributed by atoms with van der Waals surface area (Å²) in [6.07, 6.45) is 4.17. The van der Waals surface area contributed by atoms with Gasteiger partial charge in [0.2, 0.25) is 0 Å². The molecule has 0 radical (unpaired) electrons. The number of aromatic nitrogens is 2. The van der Waals surface area contributed by atoms with Gasteiger partial charge in [-0.3, -0.25) is 4.68 Å². The lowest BCUT2D eigenvalue weighted by Gasteiger charge is -2.23. The molecule has 4 heteroatoms. The fourth-order valence-electron chi connectivity index (χ4n) is 2.53. The third-order valence-corrected chi connectivity index (χ3v) is 4.13. The van der Waals surface area contributed by atoms with Gasteiger partial charge in [-0.05, 0) is 46.1 Å². The minimum absolute atomic E-state index is 0.0933. The van der Waals surface area contributed by atoms with E-state index in [1.165, 1.54) is 23.4 Å². The predicted molar refractivity (Wildman–Crippen MR) is 88.7 cm³/mol. The summed E-state index contributed by atoms with van der Waals surface area (Å²) >= 11 is 0. The van der Waals surface area contributed by atoms with Crippen molar-refractivity contribution in [3.05, 3.63) is 17.0 Å². The van der Waals surface area contributed by atoms with E-state index in [4.69, 9.17) is 9.84 Å². The molecule has 1 aromatic rings. The molecule has 122 valence electrons. The van der Waals surface area contributed by atoms with Gasteiger partial charge in [-0.2, -0.15) is 5.10 Å². The molecule has 0 spiro atoms. The van der Waals surface area contributed by atoms with Crippen LogP contribution in [0.2, 0.25) is 0 Å². The van der Waals surface area contributed by atoms with Crippen LogP contribution >= 0.6 is 0 Å². The SMILES string of the molecule is CCCNCc1c(CC)nn(CCC(C)(C)OC)c1CC. The number of nitrogens with one attached hydrogen (secondary N) is 1. The van der Waals surface area contributed by atoms with Gasteiger partial charge >= 0.3 is 0 Å². The molecule has 0 atom stereocenters.